The molecule has 0 radical (unpaired) electrons. The predicted octanol–water partition coefficient (Wildman–Crippen LogP) is 2.49. The summed E-state index contributed by atoms with van der Waals surface area (Å²) in [7, 11) is 0. The van der Waals surface area contributed by atoms with E-state index in [0.717, 1.165) is 24.3 Å². The number of benzene rings is 1. The number of halogens is 1. The first-order valence-electron chi connectivity index (χ1n) is 5.21. The van der Waals surface area contributed by atoms with Crippen LogP contribution in [0.5, 0.6) is 0 Å². The van der Waals surface area contributed by atoms with Crippen molar-refractivity contribution in [3.8, 4) is 6.07 Å². The summed E-state index contributed by atoms with van der Waals surface area (Å²) in [6.45, 7) is 2.04. The number of nitriles is 1. The number of rotatable bonds is 2. The lowest BCUT2D eigenvalue weighted by Gasteiger charge is -2.20. The zero-order valence-corrected chi connectivity index (χ0v) is 8.54. The monoisotopic (exact) mass is 204 g/mol. The number of anilines is 1. The third-order valence-electron chi connectivity index (χ3n) is 2.76. The van der Waals surface area contributed by atoms with Crippen LogP contribution in [-0.4, -0.2) is 13.1 Å². The fraction of sp³-hybridized carbons (Fsp3) is 0.417. The van der Waals surface area contributed by atoms with Crippen LogP contribution in [0.25, 0.3) is 0 Å². The van der Waals surface area contributed by atoms with Crippen LogP contribution in [0.1, 0.15) is 18.4 Å². The fourth-order valence-corrected chi connectivity index (χ4v) is 2.05. The second-order valence-electron chi connectivity index (χ2n) is 3.80. The summed E-state index contributed by atoms with van der Waals surface area (Å²) in [6.07, 6.45) is 2.65. The van der Waals surface area contributed by atoms with Crippen molar-refractivity contribution in [1.29, 1.82) is 5.26 Å². The molecule has 0 spiro atoms. The molecule has 1 aliphatic rings. The Morgan fingerprint density at radius 1 is 1.33 bits per heavy atom. The third kappa shape index (κ3) is 2.10. The average Bonchev–Trinajstić information content (AvgIpc) is 2.71. The summed E-state index contributed by atoms with van der Waals surface area (Å²) in [6, 6.07) is 6.80. The molecule has 1 heterocycles. The lowest BCUT2D eigenvalue weighted by molar-refractivity contribution is 0.626. The van der Waals surface area contributed by atoms with Crippen LogP contribution >= 0.6 is 0 Å². The van der Waals surface area contributed by atoms with Gasteiger partial charge in [-0.05, 0) is 36.6 Å². The van der Waals surface area contributed by atoms with Crippen molar-refractivity contribution in [2.45, 2.75) is 19.3 Å². The molecular formula is C12H13FN2. The molecule has 0 saturated carbocycles. The topological polar surface area (TPSA) is 27.0 Å². The molecule has 1 saturated heterocycles. The first kappa shape index (κ1) is 9.97. The van der Waals surface area contributed by atoms with Crippen molar-refractivity contribution in [3.05, 3.63) is 29.6 Å². The Kier molecular flexibility index (Phi) is 2.86. The summed E-state index contributed by atoms with van der Waals surface area (Å²) >= 11 is 0. The van der Waals surface area contributed by atoms with Gasteiger partial charge < -0.3 is 4.90 Å². The first-order valence-corrected chi connectivity index (χ1v) is 5.21. The van der Waals surface area contributed by atoms with Crippen LogP contribution in [0.3, 0.4) is 0 Å². The summed E-state index contributed by atoms with van der Waals surface area (Å²) in [4.78, 5) is 2.23. The number of hydrogen-bond donors (Lipinski definition) is 0. The quantitative estimate of drug-likeness (QED) is 0.740. The van der Waals surface area contributed by atoms with Gasteiger partial charge in [0.2, 0.25) is 0 Å². The van der Waals surface area contributed by atoms with Crippen LogP contribution in [0.2, 0.25) is 0 Å². The molecular weight excluding hydrogens is 191 g/mol. The van der Waals surface area contributed by atoms with Gasteiger partial charge in [-0.15, -0.1) is 0 Å². The van der Waals surface area contributed by atoms with Crippen molar-refractivity contribution in [2.24, 2.45) is 0 Å². The van der Waals surface area contributed by atoms with Gasteiger partial charge in [0.1, 0.15) is 5.82 Å². The zero-order chi connectivity index (χ0) is 10.7. The number of hydrogen-bond acceptors (Lipinski definition) is 2. The van der Waals surface area contributed by atoms with E-state index in [1.807, 2.05) is 0 Å². The Morgan fingerprint density at radius 2 is 2.07 bits per heavy atom. The third-order valence-corrected chi connectivity index (χ3v) is 2.76. The van der Waals surface area contributed by atoms with Gasteiger partial charge in [-0.25, -0.2) is 4.39 Å². The fourth-order valence-electron chi connectivity index (χ4n) is 2.05. The van der Waals surface area contributed by atoms with Gasteiger partial charge in [-0.2, -0.15) is 5.26 Å². The van der Waals surface area contributed by atoms with Gasteiger partial charge in [0.15, 0.2) is 0 Å². The molecule has 1 aliphatic heterocycles. The van der Waals surface area contributed by atoms with E-state index in [-0.39, 0.29) is 12.2 Å². The maximum atomic E-state index is 13.0. The van der Waals surface area contributed by atoms with E-state index in [4.69, 9.17) is 5.26 Å². The Morgan fingerprint density at radius 3 is 2.73 bits per heavy atom. The Hall–Kier alpha value is -1.56. The molecule has 3 heteroatoms. The van der Waals surface area contributed by atoms with Crippen molar-refractivity contribution in [1.82, 2.24) is 0 Å². The lowest BCUT2D eigenvalue weighted by Crippen LogP contribution is -2.19. The average molecular weight is 204 g/mol. The van der Waals surface area contributed by atoms with E-state index in [1.165, 1.54) is 25.0 Å². The van der Waals surface area contributed by atoms with Gasteiger partial charge in [-0.1, -0.05) is 0 Å². The molecule has 1 fully saturated rings. The minimum atomic E-state index is -0.261. The minimum Gasteiger partial charge on any atom is -0.371 e. The highest BCUT2D eigenvalue weighted by molar-refractivity contribution is 5.55. The van der Waals surface area contributed by atoms with E-state index in [9.17, 15) is 4.39 Å². The van der Waals surface area contributed by atoms with Gasteiger partial charge in [0.25, 0.3) is 0 Å². The zero-order valence-electron chi connectivity index (χ0n) is 8.54. The molecule has 0 aliphatic carbocycles. The van der Waals surface area contributed by atoms with Crippen LogP contribution in [0, 0.1) is 17.1 Å². The molecule has 78 valence electrons. The summed E-state index contributed by atoms with van der Waals surface area (Å²) < 4.78 is 13.0. The van der Waals surface area contributed by atoms with E-state index >= 15 is 0 Å². The van der Waals surface area contributed by atoms with Gasteiger partial charge in [-0.3, -0.25) is 0 Å². The molecule has 0 atom stereocenters. The van der Waals surface area contributed by atoms with Crippen LogP contribution in [-0.2, 0) is 6.42 Å². The van der Waals surface area contributed by atoms with Crippen molar-refractivity contribution in [3.63, 3.8) is 0 Å². The van der Waals surface area contributed by atoms with Gasteiger partial charge in [0, 0.05) is 18.8 Å². The second-order valence-corrected chi connectivity index (χ2v) is 3.80. The van der Waals surface area contributed by atoms with Crippen LogP contribution in [0.4, 0.5) is 10.1 Å². The maximum absolute atomic E-state index is 13.0. The van der Waals surface area contributed by atoms with Crippen molar-refractivity contribution >= 4 is 5.69 Å². The lowest BCUT2D eigenvalue weighted by atomic mass is 10.1. The molecule has 1 aromatic rings. The van der Waals surface area contributed by atoms with E-state index in [2.05, 4.69) is 11.0 Å². The van der Waals surface area contributed by atoms with Gasteiger partial charge >= 0.3 is 0 Å². The molecule has 1 aromatic carbocycles. The SMILES string of the molecule is N#CCc1cc(F)ccc1N1CCCC1. The highest BCUT2D eigenvalue weighted by atomic mass is 19.1. The predicted molar refractivity (Wildman–Crippen MR) is 57.2 cm³/mol. The molecule has 2 rings (SSSR count). The smallest absolute Gasteiger partial charge is 0.123 e. The Bertz CT molecular complexity index is 389. The van der Waals surface area contributed by atoms with Gasteiger partial charge in [0.05, 0.1) is 12.5 Å². The van der Waals surface area contributed by atoms with E-state index in [0.29, 0.717) is 0 Å². The molecule has 0 amide bonds. The summed E-state index contributed by atoms with van der Waals surface area (Å²) in [5.41, 5.74) is 1.83. The molecule has 0 bridgehead atoms. The maximum Gasteiger partial charge on any atom is 0.123 e. The molecule has 0 unspecified atom stereocenters. The summed E-state index contributed by atoms with van der Waals surface area (Å²) in [5, 5.41) is 8.69. The Labute approximate surface area is 88.9 Å². The van der Waals surface area contributed by atoms with Crippen molar-refractivity contribution < 1.29 is 4.39 Å². The minimum absolute atomic E-state index is 0.261. The molecule has 15 heavy (non-hydrogen) atoms. The Balaban J connectivity index is 2.32. The highest BCUT2D eigenvalue weighted by Crippen LogP contribution is 2.25. The molecule has 0 aromatic heterocycles. The normalized spacial score (nSPS) is 15.3. The van der Waals surface area contributed by atoms with Crippen LogP contribution < -0.4 is 4.90 Å². The van der Waals surface area contributed by atoms with E-state index < -0.39 is 0 Å². The van der Waals surface area contributed by atoms with E-state index in [1.54, 1.807) is 6.07 Å². The standard InChI is InChI=1S/C12H13FN2/c13-11-3-4-12(10(9-11)5-6-14)15-7-1-2-8-15/h3-4,9H,1-2,5,7-8H2. The van der Waals surface area contributed by atoms with Crippen molar-refractivity contribution in [2.75, 3.05) is 18.0 Å². The largest absolute Gasteiger partial charge is 0.371 e. The molecule has 0 N–H and O–H groups in total. The highest BCUT2D eigenvalue weighted by Gasteiger charge is 2.15. The summed E-state index contributed by atoms with van der Waals surface area (Å²) in [5.74, 6) is -0.261. The van der Waals surface area contributed by atoms with Crippen LogP contribution in [0.15, 0.2) is 18.2 Å². The first-order chi connectivity index (χ1) is 7.31. The second kappa shape index (κ2) is 4.31. The number of nitrogens with zero attached hydrogens (tertiary/aromatic N) is 2. The molecule has 2 nitrogen and oxygen atoms in total.